The molecule has 2 amide bonds. The lowest BCUT2D eigenvalue weighted by Gasteiger charge is -2.30. The molecule has 1 atom stereocenters. The van der Waals surface area contributed by atoms with E-state index in [4.69, 9.17) is 0 Å². The van der Waals surface area contributed by atoms with Crippen LogP contribution >= 0.6 is 0 Å². The van der Waals surface area contributed by atoms with E-state index in [2.05, 4.69) is 55.6 Å². The Labute approximate surface area is 181 Å². The first-order chi connectivity index (χ1) is 14.5. The Kier molecular flexibility index (Phi) is 9.59. The van der Waals surface area contributed by atoms with Crippen molar-refractivity contribution in [3.63, 3.8) is 0 Å². The van der Waals surface area contributed by atoms with Crippen LogP contribution in [-0.2, 0) is 22.4 Å². The average molecular weight is 409 g/mol. The predicted molar refractivity (Wildman–Crippen MR) is 123 cm³/mol. The zero-order valence-electron chi connectivity index (χ0n) is 18.9. The van der Waals surface area contributed by atoms with Gasteiger partial charge >= 0.3 is 0 Å². The Morgan fingerprint density at radius 1 is 0.900 bits per heavy atom. The molecule has 0 aromatic heterocycles. The molecule has 4 heteroatoms. The van der Waals surface area contributed by atoms with E-state index >= 15 is 0 Å². The molecule has 0 aliphatic heterocycles. The summed E-state index contributed by atoms with van der Waals surface area (Å²) in [4.78, 5) is 27.5. The third-order valence-corrected chi connectivity index (χ3v) is 5.50. The maximum atomic E-state index is 13.2. The zero-order chi connectivity index (χ0) is 21.9. The van der Waals surface area contributed by atoms with Crippen molar-refractivity contribution < 1.29 is 9.59 Å². The van der Waals surface area contributed by atoms with Crippen molar-refractivity contribution in [2.45, 2.75) is 65.3 Å². The van der Waals surface area contributed by atoms with Gasteiger partial charge in [0.2, 0.25) is 11.8 Å². The van der Waals surface area contributed by atoms with Gasteiger partial charge in [0, 0.05) is 19.5 Å². The van der Waals surface area contributed by atoms with E-state index in [-0.39, 0.29) is 11.8 Å². The topological polar surface area (TPSA) is 49.4 Å². The predicted octanol–water partition coefficient (Wildman–Crippen LogP) is 4.73. The number of rotatable bonds is 11. The quantitative estimate of drug-likeness (QED) is 0.584. The SMILES string of the molecule is CCNC(=O)[C@@H](CC)N(CCc1ccccc1)C(=O)CCc1ccc(C(C)C)cc1. The van der Waals surface area contributed by atoms with E-state index in [1.54, 1.807) is 4.90 Å². The molecule has 2 rings (SSSR count). The van der Waals surface area contributed by atoms with E-state index in [1.165, 1.54) is 11.1 Å². The first kappa shape index (κ1) is 23.7. The van der Waals surface area contributed by atoms with Crippen LogP contribution in [0.4, 0.5) is 0 Å². The molecule has 0 bridgehead atoms. The van der Waals surface area contributed by atoms with Crippen molar-refractivity contribution in [2.24, 2.45) is 0 Å². The lowest BCUT2D eigenvalue weighted by atomic mass is 10.00. The highest BCUT2D eigenvalue weighted by molar-refractivity contribution is 5.87. The molecule has 0 radical (unpaired) electrons. The van der Waals surface area contributed by atoms with Crippen LogP contribution in [0.3, 0.4) is 0 Å². The summed E-state index contributed by atoms with van der Waals surface area (Å²) in [6, 6.07) is 18.2. The standard InChI is InChI=1S/C26H36N2O2/c1-5-24(26(30)27-6-2)28(19-18-21-10-8-7-9-11-21)25(29)17-14-22-12-15-23(16-13-22)20(3)4/h7-13,15-16,20,24H,5-6,14,17-19H2,1-4H3,(H,27,30)/t24-/m1/s1. The smallest absolute Gasteiger partial charge is 0.242 e. The van der Waals surface area contributed by atoms with Gasteiger partial charge in [-0.15, -0.1) is 0 Å². The van der Waals surface area contributed by atoms with Crippen molar-refractivity contribution in [1.29, 1.82) is 0 Å². The van der Waals surface area contributed by atoms with Gasteiger partial charge in [0.05, 0.1) is 0 Å². The summed E-state index contributed by atoms with van der Waals surface area (Å²) in [7, 11) is 0. The summed E-state index contributed by atoms with van der Waals surface area (Å²) < 4.78 is 0. The van der Waals surface area contributed by atoms with Crippen molar-refractivity contribution in [3.8, 4) is 0 Å². The third kappa shape index (κ3) is 7.01. The van der Waals surface area contributed by atoms with Crippen molar-refractivity contribution in [2.75, 3.05) is 13.1 Å². The highest BCUT2D eigenvalue weighted by Crippen LogP contribution is 2.17. The fourth-order valence-electron chi connectivity index (χ4n) is 3.65. The van der Waals surface area contributed by atoms with E-state index in [9.17, 15) is 9.59 Å². The Balaban J connectivity index is 2.08. The van der Waals surface area contributed by atoms with Crippen molar-refractivity contribution in [1.82, 2.24) is 10.2 Å². The van der Waals surface area contributed by atoms with Crippen LogP contribution in [0.5, 0.6) is 0 Å². The van der Waals surface area contributed by atoms with Gasteiger partial charge in [0.15, 0.2) is 0 Å². The number of likely N-dealkylation sites (N-methyl/N-ethyl adjacent to an activating group) is 1. The molecule has 0 spiro atoms. The molecule has 0 unspecified atom stereocenters. The summed E-state index contributed by atoms with van der Waals surface area (Å²) in [5.41, 5.74) is 3.63. The molecule has 2 aromatic carbocycles. The van der Waals surface area contributed by atoms with Crippen molar-refractivity contribution >= 4 is 11.8 Å². The highest BCUT2D eigenvalue weighted by atomic mass is 16.2. The van der Waals surface area contributed by atoms with Crippen LogP contribution in [0.2, 0.25) is 0 Å². The molecule has 0 saturated carbocycles. The molecule has 0 aliphatic carbocycles. The summed E-state index contributed by atoms with van der Waals surface area (Å²) in [6.07, 6.45) is 2.44. The molecule has 1 N–H and O–H groups in total. The lowest BCUT2D eigenvalue weighted by molar-refractivity contribution is -0.140. The fraction of sp³-hybridized carbons (Fsp3) is 0.462. The van der Waals surface area contributed by atoms with Gasteiger partial charge in [-0.1, -0.05) is 75.4 Å². The number of hydrogen-bond acceptors (Lipinski definition) is 2. The zero-order valence-corrected chi connectivity index (χ0v) is 18.9. The van der Waals surface area contributed by atoms with Gasteiger partial charge in [-0.25, -0.2) is 0 Å². The maximum absolute atomic E-state index is 13.2. The monoisotopic (exact) mass is 408 g/mol. The second kappa shape index (κ2) is 12.2. The molecule has 2 aromatic rings. The number of benzene rings is 2. The van der Waals surface area contributed by atoms with Crippen molar-refractivity contribution in [3.05, 3.63) is 71.3 Å². The second-order valence-electron chi connectivity index (χ2n) is 8.04. The molecule has 0 heterocycles. The Hall–Kier alpha value is -2.62. The second-order valence-corrected chi connectivity index (χ2v) is 8.04. The van der Waals surface area contributed by atoms with Crippen LogP contribution in [0.15, 0.2) is 54.6 Å². The van der Waals surface area contributed by atoms with Gasteiger partial charge in [0.1, 0.15) is 6.04 Å². The number of aryl methyl sites for hydroxylation is 1. The Bertz CT molecular complexity index is 784. The Morgan fingerprint density at radius 2 is 1.53 bits per heavy atom. The van der Waals surface area contributed by atoms with E-state index in [0.29, 0.717) is 38.3 Å². The van der Waals surface area contributed by atoms with Gasteiger partial charge in [-0.05, 0) is 48.8 Å². The summed E-state index contributed by atoms with van der Waals surface area (Å²) in [5.74, 6) is 0.469. The number of carbonyl (C=O) groups excluding carboxylic acids is 2. The molecular weight excluding hydrogens is 372 g/mol. The average Bonchev–Trinajstić information content (AvgIpc) is 2.76. The fourth-order valence-corrected chi connectivity index (χ4v) is 3.65. The number of nitrogens with one attached hydrogen (secondary N) is 1. The highest BCUT2D eigenvalue weighted by Gasteiger charge is 2.27. The normalized spacial score (nSPS) is 11.9. The van der Waals surface area contributed by atoms with Crippen LogP contribution in [-0.4, -0.2) is 35.8 Å². The van der Waals surface area contributed by atoms with Crippen LogP contribution in [0.1, 0.15) is 63.1 Å². The van der Waals surface area contributed by atoms with E-state index in [0.717, 1.165) is 12.0 Å². The number of carbonyl (C=O) groups is 2. The number of hydrogen-bond donors (Lipinski definition) is 1. The minimum absolute atomic E-state index is 0.0389. The number of amides is 2. The van der Waals surface area contributed by atoms with Gasteiger partial charge in [0.25, 0.3) is 0 Å². The molecule has 0 fully saturated rings. The molecule has 4 nitrogen and oxygen atoms in total. The molecule has 30 heavy (non-hydrogen) atoms. The molecule has 162 valence electrons. The summed E-state index contributed by atoms with van der Waals surface area (Å²) in [6.45, 7) is 9.34. The molecule has 0 aliphatic rings. The minimum Gasteiger partial charge on any atom is -0.355 e. The maximum Gasteiger partial charge on any atom is 0.242 e. The van der Waals surface area contributed by atoms with Crippen LogP contribution in [0.25, 0.3) is 0 Å². The van der Waals surface area contributed by atoms with Crippen LogP contribution in [0, 0.1) is 0 Å². The third-order valence-electron chi connectivity index (χ3n) is 5.50. The first-order valence-electron chi connectivity index (χ1n) is 11.2. The molecule has 0 saturated heterocycles. The summed E-state index contributed by atoms with van der Waals surface area (Å²) >= 11 is 0. The lowest BCUT2D eigenvalue weighted by Crippen LogP contribution is -2.50. The minimum atomic E-state index is -0.426. The molecular formula is C26H36N2O2. The Morgan fingerprint density at radius 3 is 2.10 bits per heavy atom. The van der Waals surface area contributed by atoms with E-state index in [1.807, 2.05) is 32.0 Å². The van der Waals surface area contributed by atoms with Gasteiger partial charge in [-0.2, -0.15) is 0 Å². The van der Waals surface area contributed by atoms with Gasteiger partial charge in [-0.3, -0.25) is 9.59 Å². The summed E-state index contributed by atoms with van der Waals surface area (Å²) in [5, 5.41) is 2.89. The van der Waals surface area contributed by atoms with Gasteiger partial charge < -0.3 is 10.2 Å². The first-order valence-corrected chi connectivity index (χ1v) is 11.2. The number of nitrogens with zero attached hydrogens (tertiary/aromatic N) is 1. The van der Waals surface area contributed by atoms with Crippen LogP contribution < -0.4 is 5.32 Å². The van der Waals surface area contributed by atoms with E-state index < -0.39 is 6.04 Å². The largest absolute Gasteiger partial charge is 0.355 e.